The van der Waals surface area contributed by atoms with Crippen molar-refractivity contribution in [3.63, 3.8) is 0 Å². The minimum absolute atomic E-state index is 0.287. The van der Waals surface area contributed by atoms with Crippen LogP contribution < -0.4 is 5.73 Å². The van der Waals surface area contributed by atoms with Crippen LogP contribution >= 0.6 is 11.3 Å². The molecule has 0 radical (unpaired) electrons. The second-order valence-electron chi connectivity index (χ2n) is 4.01. The van der Waals surface area contributed by atoms with Crippen LogP contribution in [0.25, 0.3) is 0 Å². The third-order valence-corrected chi connectivity index (χ3v) is 3.45. The van der Waals surface area contributed by atoms with Gasteiger partial charge in [-0.25, -0.2) is 0 Å². The summed E-state index contributed by atoms with van der Waals surface area (Å²) in [6.07, 6.45) is 1.64. The summed E-state index contributed by atoms with van der Waals surface area (Å²) >= 11 is 1.72. The van der Waals surface area contributed by atoms with Gasteiger partial charge < -0.3 is 15.8 Å². The highest BCUT2D eigenvalue weighted by molar-refractivity contribution is 7.07. The van der Waals surface area contributed by atoms with E-state index in [1.165, 1.54) is 5.56 Å². The summed E-state index contributed by atoms with van der Waals surface area (Å²) in [6.45, 7) is 3.06. The Balaban J connectivity index is 2.31. The Morgan fingerprint density at radius 1 is 1.69 bits per heavy atom. The molecular formula is C11H19N3OS. The van der Waals surface area contributed by atoms with Crippen molar-refractivity contribution in [1.82, 2.24) is 4.90 Å². The molecule has 0 aliphatic heterocycles. The number of nitrogens with two attached hydrogens (primary N) is 1. The molecule has 0 saturated carbocycles. The fourth-order valence-corrected chi connectivity index (χ4v) is 2.16. The van der Waals surface area contributed by atoms with Crippen molar-refractivity contribution in [2.24, 2.45) is 10.9 Å². The van der Waals surface area contributed by atoms with Gasteiger partial charge in [0.2, 0.25) is 0 Å². The van der Waals surface area contributed by atoms with Gasteiger partial charge in [0, 0.05) is 19.0 Å². The molecule has 1 atom stereocenters. The van der Waals surface area contributed by atoms with Gasteiger partial charge >= 0.3 is 0 Å². The van der Waals surface area contributed by atoms with Gasteiger partial charge in [0.1, 0.15) is 5.84 Å². The molecule has 0 aliphatic rings. The zero-order valence-electron chi connectivity index (χ0n) is 9.76. The van der Waals surface area contributed by atoms with Crippen LogP contribution in [0.3, 0.4) is 0 Å². The number of nitrogens with zero attached hydrogens (tertiary/aromatic N) is 2. The van der Waals surface area contributed by atoms with Gasteiger partial charge in [-0.1, -0.05) is 5.16 Å². The maximum Gasteiger partial charge on any atom is 0.140 e. The summed E-state index contributed by atoms with van der Waals surface area (Å²) in [6, 6.07) is 2.43. The molecule has 0 aliphatic carbocycles. The lowest BCUT2D eigenvalue weighted by molar-refractivity contribution is 0.261. The smallest absolute Gasteiger partial charge is 0.140 e. The quantitative estimate of drug-likeness (QED) is 0.345. The Bertz CT molecular complexity index is 324. The molecule has 1 aromatic heterocycles. The average Bonchev–Trinajstić information content (AvgIpc) is 2.78. The van der Waals surface area contributed by atoms with E-state index in [9.17, 15) is 0 Å². The normalized spacial score (nSPS) is 14.3. The van der Waals surface area contributed by atoms with Crippen LogP contribution in [0.4, 0.5) is 0 Å². The molecular weight excluding hydrogens is 222 g/mol. The fourth-order valence-electron chi connectivity index (χ4n) is 1.46. The standard InChI is InChI=1S/C11H19N3OS/c1-9(7-11(12)13-15)14(2)5-3-10-4-6-16-8-10/h4,6,8-9,15H,3,5,7H2,1-2H3,(H2,12,13). The molecule has 4 nitrogen and oxygen atoms in total. The van der Waals surface area contributed by atoms with Crippen molar-refractivity contribution in [1.29, 1.82) is 0 Å². The summed E-state index contributed by atoms with van der Waals surface area (Å²) < 4.78 is 0. The predicted molar refractivity (Wildman–Crippen MR) is 68.1 cm³/mol. The van der Waals surface area contributed by atoms with Crippen molar-refractivity contribution in [2.45, 2.75) is 25.8 Å². The van der Waals surface area contributed by atoms with E-state index in [1.54, 1.807) is 11.3 Å². The average molecular weight is 241 g/mol. The first kappa shape index (κ1) is 13.0. The minimum atomic E-state index is 0.287. The van der Waals surface area contributed by atoms with Crippen LogP contribution in [-0.2, 0) is 6.42 Å². The van der Waals surface area contributed by atoms with Crippen LogP contribution in [0.15, 0.2) is 22.0 Å². The Kier molecular flexibility index (Phi) is 5.28. The summed E-state index contributed by atoms with van der Waals surface area (Å²) in [5.41, 5.74) is 6.85. The number of likely N-dealkylation sites (N-methyl/N-ethyl adjacent to an activating group) is 1. The number of thiophene rings is 1. The topological polar surface area (TPSA) is 61.9 Å². The molecule has 1 unspecified atom stereocenters. The minimum Gasteiger partial charge on any atom is -0.409 e. The molecule has 1 aromatic rings. The van der Waals surface area contributed by atoms with Crippen LogP contribution in [0.1, 0.15) is 18.9 Å². The molecule has 16 heavy (non-hydrogen) atoms. The van der Waals surface area contributed by atoms with E-state index in [-0.39, 0.29) is 11.9 Å². The van der Waals surface area contributed by atoms with Crippen molar-refractivity contribution in [2.75, 3.05) is 13.6 Å². The number of hydrogen-bond acceptors (Lipinski definition) is 4. The van der Waals surface area contributed by atoms with Gasteiger partial charge in [0.25, 0.3) is 0 Å². The van der Waals surface area contributed by atoms with E-state index in [1.807, 2.05) is 0 Å². The highest BCUT2D eigenvalue weighted by Crippen LogP contribution is 2.08. The van der Waals surface area contributed by atoms with E-state index < -0.39 is 0 Å². The van der Waals surface area contributed by atoms with E-state index >= 15 is 0 Å². The number of rotatable bonds is 6. The molecule has 3 N–H and O–H groups in total. The molecule has 0 amide bonds. The Morgan fingerprint density at radius 2 is 2.44 bits per heavy atom. The lowest BCUT2D eigenvalue weighted by Gasteiger charge is -2.23. The Hall–Kier alpha value is -1.07. The zero-order valence-corrected chi connectivity index (χ0v) is 10.6. The van der Waals surface area contributed by atoms with E-state index in [0.717, 1.165) is 13.0 Å². The number of hydrogen-bond donors (Lipinski definition) is 2. The van der Waals surface area contributed by atoms with Gasteiger partial charge in [-0.3, -0.25) is 0 Å². The summed E-state index contributed by atoms with van der Waals surface area (Å²) in [5.74, 6) is 0.287. The van der Waals surface area contributed by atoms with Crippen LogP contribution in [-0.4, -0.2) is 35.6 Å². The summed E-state index contributed by atoms with van der Waals surface area (Å²) in [5, 5.41) is 15.7. The third-order valence-electron chi connectivity index (χ3n) is 2.72. The molecule has 5 heteroatoms. The summed E-state index contributed by atoms with van der Waals surface area (Å²) in [4.78, 5) is 2.22. The maximum absolute atomic E-state index is 8.49. The lowest BCUT2D eigenvalue weighted by atomic mass is 10.1. The Labute approximate surface area is 100 Å². The second-order valence-corrected chi connectivity index (χ2v) is 4.79. The molecule has 0 spiro atoms. The second kappa shape index (κ2) is 6.50. The molecule has 1 heterocycles. The van der Waals surface area contributed by atoms with Gasteiger partial charge in [-0.2, -0.15) is 11.3 Å². The van der Waals surface area contributed by atoms with Gasteiger partial charge in [0.05, 0.1) is 0 Å². The fraction of sp³-hybridized carbons (Fsp3) is 0.545. The first-order valence-corrected chi connectivity index (χ1v) is 6.25. The number of amidine groups is 1. The zero-order chi connectivity index (χ0) is 12.0. The SMILES string of the molecule is CC(CC(N)=NO)N(C)CCc1ccsc1. The van der Waals surface area contributed by atoms with Crippen molar-refractivity contribution in [3.05, 3.63) is 22.4 Å². The van der Waals surface area contributed by atoms with E-state index in [0.29, 0.717) is 6.42 Å². The molecule has 0 bridgehead atoms. The molecule has 0 saturated heterocycles. The highest BCUT2D eigenvalue weighted by atomic mass is 32.1. The van der Waals surface area contributed by atoms with Gasteiger partial charge in [-0.05, 0) is 42.8 Å². The maximum atomic E-state index is 8.49. The molecule has 0 fully saturated rings. The van der Waals surface area contributed by atoms with Crippen molar-refractivity contribution in [3.8, 4) is 0 Å². The van der Waals surface area contributed by atoms with Gasteiger partial charge in [0.15, 0.2) is 0 Å². The molecule has 0 aromatic carbocycles. The Morgan fingerprint density at radius 3 is 3.00 bits per heavy atom. The van der Waals surface area contributed by atoms with Crippen molar-refractivity contribution >= 4 is 17.2 Å². The number of oxime groups is 1. The largest absolute Gasteiger partial charge is 0.409 e. The molecule has 90 valence electrons. The van der Waals surface area contributed by atoms with E-state index in [4.69, 9.17) is 10.9 Å². The monoisotopic (exact) mass is 241 g/mol. The molecule has 1 rings (SSSR count). The third kappa shape index (κ3) is 4.20. The van der Waals surface area contributed by atoms with Crippen LogP contribution in [0.5, 0.6) is 0 Å². The first-order chi connectivity index (χ1) is 7.63. The van der Waals surface area contributed by atoms with E-state index in [2.05, 4.69) is 40.9 Å². The first-order valence-electron chi connectivity index (χ1n) is 5.31. The van der Waals surface area contributed by atoms with Crippen LogP contribution in [0, 0.1) is 0 Å². The lowest BCUT2D eigenvalue weighted by Crippen LogP contribution is -2.34. The van der Waals surface area contributed by atoms with Gasteiger partial charge in [-0.15, -0.1) is 0 Å². The van der Waals surface area contributed by atoms with Crippen LogP contribution in [0.2, 0.25) is 0 Å². The highest BCUT2D eigenvalue weighted by Gasteiger charge is 2.11. The summed E-state index contributed by atoms with van der Waals surface area (Å²) in [7, 11) is 2.06. The van der Waals surface area contributed by atoms with Crippen molar-refractivity contribution < 1.29 is 5.21 Å². The predicted octanol–water partition coefficient (Wildman–Crippen LogP) is 1.75.